The summed E-state index contributed by atoms with van der Waals surface area (Å²) in [6.07, 6.45) is 0. The predicted octanol–water partition coefficient (Wildman–Crippen LogP) is 3.99. The molecular formula is C16H18ClNO3. The number of anilines is 1. The molecule has 0 unspecified atom stereocenters. The molecule has 0 spiro atoms. The van der Waals surface area contributed by atoms with Crippen LogP contribution in [-0.2, 0) is 6.54 Å². The van der Waals surface area contributed by atoms with E-state index < -0.39 is 0 Å². The highest BCUT2D eigenvalue weighted by atomic mass is 35.5. The van der Waals surface area contributed by atoms with Crippen LogP contribution in [0.4, 0.5) is 5.69 Å². The number of aryl methyl sites for hydroxylation is 1. The lowest BCUT2D eigenvalue weighted by atomic mass is 10.1. The highest BCUT2D eigenvalue weighted by Gasteiger charge is 2.11. The summed E-state index contributed by atoms with van der Waals surface area (Å²) < 4.78 is 5.07. The van der Waals surface area contributed by atoms with Crippen LogP contribution in [0.5, 0.6) is 17.2 Å². The van der Waals surface area contributed by atoms with E-state index in [0.29, 0.717) is 22.9 Å². The molecule has 3 N–H and O–H groups in total. The Labute approximate surface area is 129 Å². The SMILES string of the molecule is COc1cc(Cl)cc(CNc2ccc(C)c(O)c2C)c1O. The molecule has 0 aromatic heterocycles. The Hall–Kier alpha value is -2.07. The minimum atomic E-state index is 0.0587. The molecule has 0 saturated heterocycles. The fraction of sp³-hybridized carbons (Fsp3) is 0.250. The molecule has 0 aliphatic rings. The third kappa shape index (κ3) is 3.16. The Kier molecular flexibility index (Phi) is 4.48. The van der Waals surface area contributed by atoms with Crippen LogP contribution in [0.2, 0.25) is 5.02 Å². The van der Waals surface area contributed by atoms with E-state index in [4.69, 9.17) is 16.3 Å². The third-order valence-electron chi connectivity index (χ3n) is 3.44. The average Bonchev–Trinajstić information content (AvgIpc) is 2.47. The van der Waals surface area contributed by atoms with Gasteiger partial charge in [-0.25, -0.2) is 0 Å². The number of nitrogens with one attached hydrogen (secondary N) is 1. The Morgan fingerprint density at radius 1 is 1.14 bits per heavy atom. The van der Waals surface area contributed by atoms with E-state index in [1.807, 2.05) is 26.0 Å². The second-order valence-electron chi connectivity index (χ2n) is 4.87. The van der Waals surface area contributed by atoms with E-state index in [2.05, 4.69) is 5.32 Å². The zero-order valence-electron chi connectivity index (χ0n) is 12.2. The summed E-state index contributed by atoms with van der Waals surface area (Å²) in [5.74, 6) is 0.666. The molecule has 0 aliphatic heterocycles. The lowest BCUT2D eigenvalue weighted by Gasteiger charge is -2.14. The van der Waals surface area contributed by atoms with Gasteiger partial charge in [0.2, 0.25) is 0 Å². The largest absolute Gasteiger partial charge is 0.507 e. The van der Waals surface area contributed by atoms with Crippen LogP contribution >= 0.6 is 11.6 Å². The predicted molar refractivity (Wildman–Crippen MR) is 84.6 cm³/mol. The molecule has 0 saturated carbocycles. The van der Waals surface area contributed by atoms with Crippen LogP contribution < -0.4 is 10.1 Å². The number of hydrogen-bond donors (Lipinski definition) is 3. The van der Waals surface area contributed by atoms with Crippen molar-refractivity contribution in [1.29, 1.82) is 0 Å². The highest BCUT2D eigenvalue weighted by molar-refractivity contribution is 6.30. The van der Waals surface area contributed by atoms with Crippen molar-refractivity contribution in [3.63, 3.8) is 0 Å². The van der Waals surface area contributed by atoms with E-state index in [1.54, 1.807) is 12.1 Å². The molecule has 0 fully saturated rings. The second kappa shape index (κ2) is 6.14. The number of phenolic OH excluding ortho intramolecular Hbond substituents is 2. The van der Waals surface area contributed by atoms with Crippen LogP contribution in [0.3, 0.4) is 0 Å². The number of halogens is 1. The van der Waals surface area contributed by atoms with Gasteiger partial charge in [0, 0.05) is 34.4 Å². The van der Waals surface area contributed by atoms with Crippen molar-refractivity contribution < 1.29 is 14.9 Å². The summed E-state index contributed by atoms with van der Waals surface area (Å²) >= 11 is 6.00. The zero-order valence-corrected chi connectivity index (χ0v) is 13.0. The van der Waals surface area contributed by atoms with Crippen LogP contribution in [0.15, 0.2) is 24.3 Å². The normalized spacial score (nSPS) is 10.5. The minimum absolute atomic E-state index is 0.0587. The molecule has 112 valence electrons. The lowest BCUT2D eigenvalue weighted by Crippen LogP contribution is -2.02. The quantitative estimate of drug-likeness (QED) is 0.799. The zero-order chi connectivity index (χ0) is 15.6. The summed E-state index contributed by atoms with van der Waals surface area (Å²) in [6.45, 7) is 4.05. The van der Waals surface area contributed by atoms with Gasteiger partial charge in [0.15, 0.2) is 11.5 Å². The van der Waals surface area contributed by atoms with Gasteiger partial charge in [-0.05, 0) is 31.5 Å². The summed E-state index contributed by atoms with van der Waals surface area (Å²) in [4.78, 5) is 0. The molecule has 0 amide bonds. The molecule has 0 atom stereocenters. The molecule has 2 rings (SSSR count). The number of hydrogen-bond acceptors (Lipinski definition) is 4. The molecule has 2 aromatic rings. The Morgan fingerprint density at radius 2 is 1.86 bits per heavy atom. The number of ether oxygens (including phenoxy) is 1. The van der Waals surface area contributed by atoms with Crippen LogP contribution in [-0.4, -0.2) is 17.3 Å². The Balaban J connectivity index is 2.25. The maximum Gasteiger partial charge on any atom is 0.162 e. The van der Waals surface area contributed by atoms with E-state index in [1.165, 1.54) is 7.11 Å². The number of phenols is 2. The van der Waals surface area contributed by atoms with Crippen molar-refractivity contribution in [1.82, 2.24) is 0 Å². The third-order valence-corrected chi connectivity index (χ3v) is 3.66. The van der Waals surface area contributed by atoms with Crippen molar-refractivity contribution in [3.8, 4) is 17.2 Å². The van der Waals surface area contributed by atoms with Gasteiger partial charge in [-0.1, -0.05) is 17.7 Å². The fourth-order valence-corrected chi connectivity index (χ4v) is 2.37. The van der Waals surface area contributed by atoms with Gasteiger partial charge in [-0.3, -0.25) is 0 Å². The first-order valence-corrected chi connectivity index (χ1v) is 6.90. The number of rotatable bonds is 4. The van der Waals surface area contributed by atoms with Crippen molar-refractivity contribution in [2.75, 3.05) is 12.4 Å². The van der Waals surface area contributed by atoms with Crippen molar-refractivity contribution in [3.05, 3.63) is 46.0 Å². The maximum absolute atomic E-state index is 10.1. The highest BCUT2D eigenvalue weighted by Crippen LogP contribution is 2.34. The van der Waals surface area contributed by atoms with Gasteiger partial charge in [0.1, 0.15) is 5.75 Å². The fourth-order valence-electron chi connectivity index (χ4n) is 2.14. The van der Waals surface area contributed by atoms with E-state index in [0.717, 1.165) is 16.8 Å². The van der Waals surface area contributed by atoms with E-state index >= 15 is 0 Å². The summed E-state index contributed by atoms with van der Waals surface area (Å²) in [7, 11) is 1.48. The van der Waals surface area contributed by atoms with Gasteiger partial charge in [-0.2, -0.15) is 0 Å². The van der Waals surface area contributed by atoms with Crippen LogP contribution in [0, 0.1) is 13.8 Å². The van der Waals surface area contributed by atoms with E-state index in [-0.39, 0.29) is 11.5 Å². The summed E-state index contributed by atoms with van der Waals surface area (Å²) in [6, 6.07) is 6.96. The van der Waals surface area contributed by atoms with E-state index in [9.17, 15) is 10.2 Å². The topological polar surface area (TPSA) is 61.7 Å². The molecule has 0 aliphatic carbocycles. The Morgan fingerprint density at radius 3 is 2.52 bits per heavy atom. The first-order valence-electron chi connectivity index (χ1n) is 6.52. The molecule has 21 heavy (non-hydrogen) atoms. The second-order valence-corrected chi connectivity index (χ2v) is 5.31. The van der Waals surface area contributed by atoms with Crippen molar-refractivity contribution in [2.24, 2.45) is 0 Å². The van der Waals surface area contributed by atoms with Gasteiger partial charge >= 0.3 is 0 Å². The number of benzene rings is 2. The summed E-state index contributed by atoms with van der Waals surface area (Å²) in [5.41, 5.74) is 3.02. The number of methoxy groups -OCH3 is 1. The molecule has 2 aromatic carbocycles. The smallest absolute Gasteiger partial charge is 0.162 e. The van der Waals surface area contributed by atoms with Gasteiger partial charge in [0.05, 0.1) is 7.11 Å². The minimum Gasteiger partial charge on any atom is -0.507 e. The van der Waals surface area contributed by atoms with Crippen molar-refractivity contribution >= 4 is 17.3 Å². The molecule has 0 bridgehead atoms. The average molecular weight is 308 g/mol. The Bertz CT molecular complexity index is 671. The van der Waals surface area contributed by atoms with Crippen LogP contribution in [0.25, 0.3) is 0 Å². The maximum atomic E-state index is 10.1. The first kappa shape index (κ1) is 15.3. The molecule has 4 nitrogen and oxygen atoms in total. The van der Waals surface area contributed by atoms with Crippen LogP contribution in [0.1, 0.15) is 16.7 Å². The van der Waals surface area contributed by atoms with Gasteiger partial charge in [0.25, 0.3) is 0 Å². The molecule has 5 heteroatoms. The first-order chi connectivity index (χ1) is 9.93. The number of aromatic hydroxyl groups is 2. The van der Waals surface area contributed by atoms with Gasteiger partial charge in [-0.15, -0.1) is 0 Å². The molecule has 0 heterocycles. The van der Waals surface area contributed by atoms with Crippen molar-refractivity contribution in [2.45, 2.75) is 20.4 Å². The monoisotopic (exact) mass is 307 g/mol. The standard InChI is InChI=1S/C16H18ClNO3/c1-9-4-5-13(10(2)15(9)19)18-8-11-6-12(17)7-14(21-3)16(11)20/h4-7,18-20H,8H2,1-3H3. The molecule has 0 radical (unpaired) electrons. The summed E-state index contributed by atoms with van der Waals surface area (Å²) in [5, 5.41) is 23.7. The lowest BCUT2D eigenvalue weighted by molar-refractivity contribution is 0.371. The molecular weight excluding hydrogens is 290 g/mol. The van der Waals surface area contributed by atoms with Gasteiger partial charge < -0.3 is 20.3 Å².